The van der Waals surface area contributed by atoms with Gasteiger partial charge in [0.1, 0.15) is 0 Å². The lowest BCUT2D eigenvalue weighted by atomic mass is 10.1. The molecule has 19 heavy (non-hydrogen) atoms. The predicted molar refractivity (Wildman–Crippen MR) is 75.7 cm³/mol. The van der Waals surface area contributed by atoms with E-state index in [1.807, 2.05) is 0 Å². The molecule has 1 rings (SSSR count). The van der Waals surface area contributed by atoms with E-state index in [9.17, 15) is 9.90 Å². The third kappa shape index (κ3) is 5.20. The molecule has 0 aliphatic carbocycles. The number of phenolic OH excluding ortho intramolecular Hbond substituents is 1. The standard InChI is InChI=1S/C15H23NO3/c1-11(2)6-4-5-9-16-15(18)12-7-8-14(19-3)13(17)10-12/h7-8,10-11,17H,4-6,9H2,1-3H3,(H,16,18). The van der Waals surface area contributed by atoms with E-state index in [-0.39, 0.29) is 11.7 Å². The number of ether oxygens (including phenoxy) is 1. The number of rotatable bonds is 7. The monoisotopic (exact) mass is 265 g/mol. The van der Waals surface area contributed by atoms with Crippen molar-refractivity contribution in [2.24, 2.45) is 5.92 Å². The van der Waals surface area contributed by atoms with Gasteiger partial charge in [0.25, 0.3) is 5.91 Å². The molecule has 0 bridgehead atoms. The van der Waals surface area contributed by atoms with Gasteiger partial charge in [0.15, 0.2) is 11.5 Å². The topological polar surface area (TPSA) is 58.6 Å². The lowest BCUT2D eigenvalue weighted by Gasteiger charge is -2.08. The van der Waals surface area contributed by atoms with Crippen LogP contribution in [0.15, 0.2) is 18.2 Å². The van der Waals surface area contributed by atoms with Crippen molar-refractivity contribution in [3.8, 4) is 11.5 Å². The molecule has 0 saturated heterocycles. The molecule has 0 saturated carbocycles. The molecule has 1 aromatic rings. The number of methoxy groups -OCH3 is 1. The maximum absolute atomic E-state index is 11.8. The molecule has 1 amide bonds. The van der Waals surface area contributed by atoms with Crippen molar-refractivity contribution in [2.45, 2.75) is 33.1 Å². The normalized spacial score (nSPS) is 10.5. The average Bonchev–Trinajstić information content (AvgIpc) is 2.37. The maximum Gasteiger partial charge on any atom is 0.251 e. The zero-order valence-electron chi connectivity index (χ0n) is 11.9. The van der Waals surface area contributed by atoms with Crippen LogP contribution < -0.4 is 10.1 Å². The second-order valence-corrected chi connectivity index (χ2v) is 5.03. The number of phenols is 1. The van der Waals surface area contributed by atoms with Crippen LogP contribution in [-0.2, 0) is 0 Å². The summed E-state index contributed by atoms with van der Waals surface area (Å²) < 4.78 is 4.93. The minimum absolute atomic E-state index is 0.0186. The smallest absolute Gasteiger partial charge is 0.251 e. The molecule has 0 heterocycles. The molecule has 0 aromatic heterocycles. The van der Waals surface area contributed by atoms with Gasteiger partial charge in [0.05, 0.1) is 7.11 Å². The molecule has 0 aliphatic heterocycles. The van der Waals surface area contributed by atoms with E-state index in [4.69, 9.17) is 4.74 Å². The molecule has 0 spiro atoms. The van der Waals surface area contributed by atoms with Gasteiger partial charge in [0, 0.05) is 12.1 Å². The van der Waals surface area contributed by atoms with Crippen molar-refractivity contribution in [1.82, 2.24) is 5.32 Å². The van der Waals surface area contributed by atoms with Gasteiger partial charge in [0.2, 0.25) is 0 Å². The summed E-state index contributed by atoms with van der Waals surface area (Å²) in [5.74, 6) is 0.889. The zero-order chi connectivity index (χ0) is 14.3. The number of carbonyl (C=O) groups is 1. The highest BCUT2D eigenvalue weighted by Gasteiger charge is 2.08. The highest BCUT2D eigenvalue weighted by molar-refractivity contribution is 5.94. The van der Waals surface area contributed by atoms with Gasteiger partial charge >= 0.3 is 0 Å². The Morgan fingerprint density at radius 3 is 2.68 bits per heavy atom. The van der Waals surface area contributed by atoms with Gasteiger partial charge in [-0.1, -0.05) is 26.7 Å². The number of unbranched alkanes of at least 4 members (excludes halogenated alkanes) is 1. The summed E-state index contributed by atoms with van der Waals surface area (Å²) in [6.45, 7) is 5.05. The fraction of sp³-hybridized carbons (Fsp3) is 0.533. The molecule has 106 valence electrons. The first kappa shape index (κ1) is 15.3. The number of aromatic hydroxyl groups is 1. The van der Waals surface area contributed by atoms with E-state index in [1.165, 1.54) is 19.6 Å². The van der Waals surface area contributed by atoms with Gasteiger partial charge in [-0.3, -0.25) is 4.79 Å². The lowest BCUT2D eigenvalue weighted by molar-refractivity contribution is 0.0952. The lowest BCUT2D eigenvalue weighted by Crippen LogP contribution is -2.24. The fourth-order valence-corrected chi connectivity index (χ4v) is 1.81. The first-order chi connectivity index (χ1) is 9.04. The Bertz CT molecular complexity index is 416. The van der Waals surface area contributed by atoms with Crippen molar-refractivity contribution in [3.63, 3.8) is 0 Å². The van der Waals surface area contributed by atoms with Crippen molar-refractivity contribution in [1.29, 1.82) is 0 Å². The minimum atomic E-state index is -0.164. The molecule has 1 aromatic carbocycles. The number of hydrogen-bond donors (Lipinski definition) is 2. The maximum atomic E-state index is 11.8. The van der Waals surface area contributed by atoms with Crippen LogP contribution in [0, 0.1) is 5.92 Å². The molecular formula is C15H23NO3. The van der Waals surface area contributed by atoms with Crippen molar-refractivity contribution in [3.05, 3.63) is 23.8 Å². The number of amides is 1. The summed E-state index contributed by atoms with van der Waals surface area (Å²) in [7, 11) is 1.48. The zero-order valence-corrected chi connectivity index (χ0v) is 11.9. The second-order valence-electron chi connectivity index (χ2n) is 5.03. The highest BCUT2D eigenvalue weighted by Crippen LogP contribution is 2.26. The third-order valence-corrected chi connectivity index (χ3v) is 2.93. The first-order valence-electron chi connectivity index (χ1n) is 6.69. The Morgan fingerprint density at radius 1 is 1.37 bits per heavy atom. The van der Waals surface area contributed by atoms with Crippen LogP contribution in [0.2, 0.25) is 0 Å². The first-order valence-corrected chi connectivity index (χ1v) is 6.69. The number of benzene rings is 1. The van der Waals surface area contributed by atoms with E-state index in [2.05, 4.69) is 19.2 Å². The Labute approximate surface area is 114 Å². The van der Waals surface area contributed by atoms with Crippen molar-refractivity contribution in [2.75, 3.05) is 13.7 Å². The molecule has 0 atom stereocenters. The van der Waals surface area contributed by atoms with E-state index in [0.717, 1.165) is 12.8 Å². The Hall–Kier alpha value is -1.71. The summed E-state index contributed by atoms with van der Waals surface area (Å²) >= 11 is 0. The van der Waals surface area contributed by atoms with Gasteiger partial charge in [-0.2, -0.15) is 0 Å². The molecule has 2 N–H and O–H groups in total. The SMILES string of the molecule is COc1ccc(C(=O)NCCCCC(C)C)cc1O. The van der Waals surface area contributed by atoms with Crippen molar-refractivity contribution < 1.29 is 14.6 Å². The van der Waals surface area contributed by atoms with Crippen LogP contribution in [-0.4, -0.2) is 24.7 Å². The molecule has 0 fully saturated rings. The third-order valence-electron chi connectivity index (χ3n) is 2.93. The number of hydrogen-bond acceptors (Lipinski definition) is 3. The van der Waals surface area contributed by atoms with Gasteiger partial charge in [-0.15, -0.1) is 0 Å². The summed E-state index contributed by atoms with van der Waals surface area (Å²) in [5.41, 5.74) is 0.446. The highest BCUT2D eigenvalue weighted by atomic mass is 16.5. The summed E-state index contributed by atoms with van der Waals surface area (Å²) in [6, 6.07) is 4.65. The van der Waals surface area contributed by atoms with Crippen LogP contribution in [0.3, 0.4) is 0 Å². The van der Waals surface area contributed by atoms with Crippen LogP contribution in [0.5, 0.6) is 11.5 Å². The summed E-state index contributed by atoms with van der Waals surface area (Å²) in [4.78, 5) is 11.8. The van der Waals surface area contributed by atoms with E-state index >= 15 is 0 Å². The Balaban J connectivity index is 2.39. The molecule has 4 nitrogen and oxygen atoms in total. The summed E-state index contributed by atoms with van der Waals surface area (Å²) in [5, 5.41) is 12.5. The van der Waals surface area contributed by atoms with Crippen molar-refractivity contribution >= 4 is 5.91 Å². The van der Waals surface area contributed by atoms with Crippen LogP contribution in [0.1, 0.15) is 43.5 Å². The predicted octanol–water partition coefficient (Wildman–Crippen LogP) is 2.96. The molecular weight excluding hydrogens is 242 g/mol. The van der Waals surface area contributed by atoms with Crippen LogP contribution in [0.4, 0.5) is 0 Å². The van der Waals surface area contributed by atoms with Crippen LogP contribution >= 0.6 is 0 Å². The Morgan fingerprint density at radius 2 is 2.11 bits per heavy atom. The van der Waals surface area contributed by atoms with Gasteiger partial charge in [-0.05, 0) is 30.5 Å². The fourth-order valence-electron chi connectivity index (χ4n) is 1.81. The average molecular weight is 265 g/mol. The molecule has 4 heteroatoms. The van der Waals surface area contributed by atoms with E-state index in [0.29, 0.717) is 23.8 Å². The minimum Gasteiger partial charge on any atom is -0.504 e. The summed E-state index contributed by atoms with van der Waals surface area (Å²) in [6.07, 6.45) is 3.27. The number of carbonyl (C=O) groups excluding carboxylic acids is 1. The quantitative estimate of drug-likeness (QED) is 0.745. The van der Waals surface area contributed by atoms with Gasteiger partial charge < -0.3 is 15.2 Å². The second kappa shape index (κ2) is 7.67. The van der Waals surface area contributed by atoms with Gasteiger partial charge in [-0.25, -0.2) is 0 Å². The van der Waals surface area contributed by atoms with Crippen LogP contribution in [0.25, 0.3) is 0 Å². The largest absolute Gasteiger partial charge is 0.504 e. The van der Waals surface area contributed by atoms with E-state index in [1.54, 1.807) is 12.1 Å². The molecule has 0 radical (unpaired) electrons. The van der Waals surface area contributed by atoms with E-state index < -0.39 is 0 Å². The number of nitrogens with one attached hydrogen (secondary N) is 1. The molecule has 0 aliphatic rings. The Kier molecular flexibility index (Phi) is 6.19. The molecule has 0 unspecified atom stereocenters.